The van der Waals surface area contributed by atoms with Crippen LogP contribution in [0.3, 0.4) is 0 Å². The third-order valence-electron chi connectivity index (χ3n) is 4.15. The number of hydrogen-bond donors (Lipinski definition) is 0. The van der Waals surface area contributed by atoms with Crippen LogP contribution in [0.25, 0.3) is 0 Å². The van der Waals surface area contributed by atoms with Gasteiger partial charge in [0.1, 0.15) is 0 Å². The van der Waals surface area contributed by atoms with Gasteiger partial charge >= 0.3 is 0 Å². The molecule has 0 heteroatoms. The fraction of sp³-hybridized carbons (Fsp3) is 0.846. The van der Waals surface area contributed by atoms with Crippen molar-refractivity contribution in [1.29, 1.82) is 0 Å². The third-order valence-corrected chi connectivity index (χ3v) is 4.15. The zero-order valence-electron chi connectivity index (χ0n) is 9.64. The maximum absolute atomic E-state index is 2.44. The fourth-order valence-electron chi connectivity index (χ4n) is 2.84. The molecule has 0 aromatic rings. The van der Waals surface area contributed by atoms with Crippen molar-refractivity contribution >= 4 is 0 Å². The van der Waals surface area contributed by atoms with E-state index >= 15 is 0 Å². The molecule has 0 nitrogen and oxygen atoms in total. The molecule has 0 aromatic carbocycles. The molecule has 0 radical (unpaired) electrons. The van der Waals surface area contributed by atoms with Crippen molar-refractivity contribution in [3.8, 4) is 0 Å². The topological polar surface area (TPSA) is 0 Å². The Morgan fingerprint density at radius 2 is 2.15 bits per heavy atom. The zero-order chi connectivity index (χ0) is 9.90. The molecule has 0 heterocycles. The highest BCUT2D eigenvalue weighted by Crippen LogP contribution is 2.60. The van der Waals surface area contributed by atoms with Gasteiger partial charge in [0, 0.05) is 0 Å². The minimum Gasteiger partial charge on any atom is -0.0917 e. The first-order chi connectivity index (χ1) is 6.17. The molecule has 0 N–H and O–H groups in total. The Hall–Kier alpha value is -0.260. The van der Waals surface area contributed by atoms with Crippen molar-refractivity contribution in [2.75, 3.05) is 0 Å². The van der Waals surface area contributed by atoms with Crippen molar-refractivity contribution in [2.45, 2.75) is 53.4 Å². The molecule has 1 rings (SSSR count). The van der Waals surface area contributed by atoms with Gasteiger partial charge in [-0.05, 0) is 49.9 Å². The van der Waals surface area contributed by atoms with Crippen LogP contribution in [0.15, 0.2) is 12.2 Å². The summed E-state index contributed by atoms with van der Waals surface area (Å²) in [5.74, 6) is 1.90. The smallest absolute Gasteiger partial charge is 0.0246 e. The quantitative estimate of drug-likeness (QED) is 0.550. The zero-order valence-corrected chi connectivity index (χ0v) is 9.64. The molecule has 1 aliphatic carbocycles. The minimum atomic E-state index is 0.724. The van der Waals surface area contributed by atoms with Crippen molar-refractivity contribution < 1.29 is 0 Å². The molecule has 0 saturated heterocycles. The summed E-state index contributed by atoms with van der Waals surface area (Å²) in [5.41, 5.74) is 0.724. The van der Waals surface area contributed by atoms with Crippen LogP contribution < -0.4 is 0 Å². The lowest BCUT2D eigenvalue weighted by Crippen LogP contribution is -2.13. The van der Waals surface area contributed by atoms with E-state index in [1.807, 2.05) is 0 Å². The lowest BCUT2D eigenvalue weighted by atomic mass is 9.83. The summed E-state index contributed by atoms with van der Waals surface area (Å²) < 4.78 is 0. The summed E-state index contributed by atoms with van der Waals surface area (Å²) in [6.07, 6.45) is 9.97. The first-order valence-electron chi connectivity index (χ1n) is 5.78. The van der Waals surface area contributed by atoms with Gasteiger partial charge in [-0.15, -0.1) is 0 Å². The van der Waals surface area contributed by atoms with E-state index in [0.717, 1.165) is 17.3 Å². The van der Waals surface area contributed by atoms with Gasteiger partial charge in [0.05, 0.1) is 0 Å². The van der Waals surface area contributed by atoms with Gasteiger partial charge in [0.25, 0.3) is 0 Å². The first-order valence-corrected chi connectivity index (χ1v) is 5.78. The number of hydrogen-bond acceptors (Lipinski definition) is 0. The van der Waals surface area contributed by atoms with Crippen LogP contribution in [0.5, 0.6) is 0 Å². The summed E-state index contributed by atoms with van der Waals surface area (Å²) >= 11 is 0. The molecule has 1 saturated carbocycles. The predicted molar refractivity (Wildman–Crippen MR) is 59.7 cm³/mol. The summed E-state index contributed by atoms with van der Waals surface area (Å²) in [6.45, 7) is 9.32. The van der Waals surface area contributed by atoms with Crippen LogP contribution in [-0.2, 0) is 0 Å². The maximum atomic E-state index is 2.44. The monoisotopic (exact) mass is 180 g/mol. The summed E-state index contributed by atoms with van der Waals surface area (Å²) in [6, 6.07) is 0. The molecule has 3 unspecified atom stereocenters. The summed E-state index contributed by atoms with van der Waals surface area (Å²) in [4.78, 5) is 0. The number of rotatable bonds is 5. The molecule has 13 heavy (non-hydrogen) atoms. The third kappa shape index (κ3) is 2.15. The molecule has 1 fully saturated rings. The highest BCUT2D eigenvalue weighted by molar-refractivity contribution is 5.02. The van der Waals surface area contributed by atoms with Crippen LogP contribution in [0, 0.1) is 17.3 Å². The Kier molecular flexibility index (Phi) is 3.58. The average molecular weight is 180 g/mol. The molecule has 0 bridgehead atoms. The molecular formula is C13H24. The van der Waals surface area contributed by atoms with Gasteiger partial charge < -0.3 is 0 Å². The van der Waals surface area contributed by atoms with E-state index in [4.69, 9.17) is 0 Å². The van der Waals surface area contributed by atoms with Gasteiger partial charge in [-0.25, -0.2) is 0 Å². The van der Waals surface area contributed by atoms with Gasteiger partial charge in [-0.2, -0.15) is 0 Å². The van der Waals surface area contributed by atoms with Crippen LogP contribution in [0.2, 0.25) is 0 Å². The Balaban J connectivity index is 2.34. The first kappa shape index (κ1) is 10.8. The normalized spacial score (nSPS) is 35.2. The molecule has 0 amide bonds. The van der Waals surface area contributed by atoms with Crippen LogP contribution in [0.1, 0.15) is 53.4 Å². The van der Waals surface area contributed by atoms with E-state index in [1.54, 1.807) is 0 Å². The second-order valence-corrected chi connectivity index (χ2v) is 4.74. The van der Waals surface area contributed by atoms with Crippen LogP contribution >= 0.6 is 0 Å². The van der Waals surface area contributed by atoms with Crippen molar-refractivity contribution in [3.63, 3.8) is 0 Å². The molecule has 1 aliphatic rings. The Morgan fingerprint density at radius 1 is 1.54 bits per heavy atom. The number of allylic oxidation sites excluding steroid dienone is 2. The highest BCUT2D eigenvalue weighted by atomic mass is 14.6. The molecule has 0 spiro atoms. The van der Waals surface area contributed by atoms with E-state index in [-0.39, 0.29) is 0 Å². The van der Waals surface area contributed by atoms with Gasteiger partial charge in [0.15, 0.2) is 0 Å². The molecule has 76 valence electrons. The van der Waals surface area contributed by atoms with Crippen LogP contribution in [-0.4, -0.2) is 0 Å². The molecule has 0 aliphatic heterocycles. The Morgan fingerprint density at radius 3 is 2.54 bits per heavy atom. The largest absolute Gasteiger partial charge is 0.0917 e. The Labute approximate surface area is 83.4 Å². The van der Waals surface area contributed by atoms with Crippen molar-refractivity contribution in [3.05, 3.63) is 12.2 Å². The Bertz CT molecular complexity index is 176. The van der Waals surface area contributed by atoms with Crippen LogP contribution in [0.4, 0.5) is 0 Å². The van der Waals surface area contributed by atoms with E-state index in [2.05, 4.69) is 39.8 Å². The van der Waals surface area contributed by atoms with Crippen molar-refractivity contribution in [1.82, 2.24) is 0 Å². The highest BCUT2D eigenvalue weighted by Gasteiger charge is 2.52. The molecule has 0 aromatic heterocycles. The average Bonchev–Trinajstić information content (AvgIpc) is 2.78. The lowest BCUT2D eigenvalue weighted by Gasteiger charge is -2.22. The minimum absolute atomic E-state index is 0.724. The lowest BCUT2D eigenvalue weighted by molar-refractivity contribution is 0.281. The predicted octanol–water partition coefficient (Wildman–Crippen LogP) is 4.42. The van der Waals surface area contributed by atoms with E-state index < -0.39 is 0 Å². The second kappa shape index (κ2) is 4.30. The fourth-order valence-corrected chi connectivity index (χ4v) is 2.84. The van der Waals surface area contributed by atoms with Gasteiger partial charge in [0.2, 0.25) is 0 Å². The second-order valence-electron chi connectivity index (χ2n) is 4.74. The van der Waals surface area contributed by atoms with E-state index in [9.17, 15) is 0 Å². The SMILES string of the molecule is CC=CCCC(C)C1(CC)CC1C. The standard InChI is InChI=1S/C13H24/c1-5-7-8-9-11(3)13(6-2)10-12(13)4/h5,7,11-12H,6,8-10H2,1-4H3. The van der Waals surface area contributed by atoms with Crippen molar-refractivity contribution in [2.24, 2.45) is 17.3 Å². The van der Waals surface area contributed by atoms with E-state index in [1.165, 1.54) is 25.7 Å². The molecule has 3 atom stereocenters. The summed E-state index contributed by atoms with van der Waals surface area (Å²) in [5, 5.41) is 0. The van der Waals surface area contributed by atoms with Gasteiger partial charge in [-0.1, -0.05) is 32.9 Å². The van der Waals surface area contributed by atoms with Gasteiger partial charge in [-0.3, -0.25) is 0 Å². The summed E-state index contributed by atoms with van der Waals surface area (Å²) in [7, 11) is 0. The maximum Gasteiger partial charge on any atom is -0.0246 e. The van der Waals surface area contributed by atoms with E-state index in [0.29, 0.717) is 0 Å². The molecular weight excluding hydrogens is 156 g/mol.